The van der Waals surface area contributed by atoms with Crippen molar-refractivity contribution >= 4 is 28.6 Å². The highest BCUT2D eigenvalue weighted by molar-refractivity contribution is 7.11. The van der Waals surface area contributed by atoms with Crippen LogP contribution in [-0.2, 0) is 13.5 Å². The maximum Gasteiger partial charge on any atom is 0.272 e. The second kappa shape index (κ2) is 6.64. The van der Waals surface area contributed by atoms with E-state index in [4.69, 9.17) is 0 Å². The second-order valence-corrected chi connectivity index (χ2v) is 7.44. The molecule has 23 heavy (non-hydrogen) atoms. The van der Waals surface area contributed by atoms with Crippen molar-refractivity contribution in [1.29, 1.82) is 0 Å². The number of thiophene rings is 1. The number of nitrogens with one attached hydrogen (secondary N) is 1. The number of amides is 1. The zero-order chi connectivity index (χ0) is 16.4. The van der Waals surface area contributed by atoms with E-state index >= 15 is 0 Å². The van der Waals surface area contributed by atoms with E-state index < -0.39 is 0 Å². The molecule has 3 rings (SSSR count). The van der Waals surface area contributed by atoms with Gasteiger partial charge in [0.2, 0.25) is 0 Å². The maximum absolute atomic E-state index is 12.5. The maximum atomic E-state index is 12.5. The number of hydrogen-bond acceptors (Lipinski definition) is 5. The van der Waals surface area contributed by atoms with Gasteiger partial charge in [-0.25, -0.2) is 4.98 Å². The number of carbonyl (C=O) groups is 1. The molecule has 0 fully saturated rings. The first-order chi connectivity index (χ1) is 11.0. The molecule has 0 aliphatic rings. The summed E-state index contributed by atoms with van der Waals surface area (Å²) in [6.07, 6.45) is 2.49. The van der Waals surface area contributed by atoms with Crippen LogP contribution in [0, 0.1) is 13.8 Å². The summed E-state index contributed by atoms with van der Waals surface area (Å²) in [6.45, 7) is 4.05. The fraction of sp³-hybridized carbons (Fsp3) is 0.312. The summed E-state index contributed by atoms with van der Waals surface area (Å²) in [5.74, 6) is -0.170. The SMILES string of the molecule is Cc1nc([C@H](Cc2ccsc2)NC(=O)c2ccn(C)n2)sc1C. The lowest BCUT2D eigenvalue weighted by molar-refractivity contribution is 0.0930. The first kappa shape index (κ1) is 15.9. The molecular weight excluding hydrogens is 328 g/mol. The number of thiazole rings is 1. The molecule has 3 aromatic rings. The summed E-state index contributed by atoms with van der Waals surface area (Å²) in [6, 6.07) is 3.66. The number of rotatable bonds is 5. The van der Waals surface area contributed by atoms with Gasteiger partial charge in [0.25, 0.3) is 5.91 Å². The lowest BCUT2D eigenvalue weighted by atomic mass is 10.1. The zero-order valence-corrected chi connectivity index (χ0v) is 14.9. The van der Waals surface area contributed by atoms with E-state index in [9.17, 15) is 4.79 Å². The molecule has 3 aromatic heterocycles. The van der Waals surface area contributed by atoms with Gasteiger partial charge in [-0.15, -0.1) is 11.3 Å². The normalized spacial score (nSPS) is 12.3. The van der Waals surface area contributed by atoms with Crippen molar-refractivity contribution in [3.05, 3.63) is 55.9 Å². The molecular formula is C16H18N4OS2. The molecule has 1 N–H and O–H groups in total. The topological polar surface area (TPSA) is 59.8 Å². The van der Waals surface area contributed by atoms with Crippen LogP contribution < -0.4 is 5.32 Å². The predicted octanol–water partition coefficient (Wildman–Crippen LogP) is 3.27. The van der Waals surface area contributed by atoms with Crippen LogP contribution in [0.15, 0.2) is 29.1 Å². The van der Waals surface area contributed by atoms with Crippen molar-refractivity contribution in [2.24, 2.45) is 7.05 Å². The van der Waals surface area contributed by atoms with Crippen molar-refractivity contribution in [2.45, 2.75) is 26.3 Å². The summed E-state index contributed by atoms with van der Waals surface area (Å²) in [4.78, 5) is 18.3. The Kier molecular flexibility index (Phi) is 4.58. The molecule has 5 nitrogen and oxygen atoms in total. The number of hydrogen-bond donors (Lipinski definition) is 1. The van der Waals surface area contributed by atoms with Crippen LogP contribution in [0.2, 0.25) is 0 Å². The summed E-state index contributed by atoms with van der Waals surface area (Å²) < 4.78 is 1.63. The van der Waals surface area contributed by atoms with Crippen molar-refractivity contribution in [3.63, 3.8) is 0 Å². The van der Waals surface area contributed by atoms with Crippen LogP contribution in [-0.4, -0.2) is 20.7 Å². The fourth-order valence-corrected chi connectivity index (χ4v) is 3.92. The van der Waals surface area contributed by atoms with Crippen LogP contribution in [0.25, 0.3) is 0 Å². The molecule has 7 heteroatoms. The van der Waals surface area contributed by atoms with Gasteiger partial charge in [0.05, 0.1) is 11.7 Å². The second-order valence-electron chi connectivity index (χ2n) is 5.43. The minimum Gasteiger partial charge on any atom is -0.341 e. The molecule has 120 valence electrons. The van der Waals surface area contributed by atoms with Gasteiger partial charge in [0.1, 0.15) is 10.7 Å². The Labute approximate surface area is 143 Å². The van der Waals surface area contributed by atoms with Gasteiger partial charge in [-0.1, -0.05) is 0 Å². The Hall–Kier alpha value is -1.99. The monoisotopic (exact) mass is 346 g/mol. The van der Waals surface area contributed by atoms with Gasteiger partial charge in [-0.2, -0.15) is 16.4 Å². The Morgan fingerprint density at radius 3 is 2.78 bits per heavy atom. The molecule has 0 aliphatic carbocycles. The molecule has 3 heterocycles. The van der Waals surface area contributed by atoms with E-state index in [-0.39, 0.29) is 11.9 Å². The van der Waals surface area contributed by atoms with Gasteiger partial charge >= 0.3 is 0 Å². The van der Waals surface area contributed by atoms with Crippen molar-refractivity contribution in [1.82, 2.24) is 20.1 Å². The number of aryl methyl sites for hydroxylation is 3. The van der Waals surface area contributed by atoms with E-state index in [2.05, 4.69) is 33.8 Å². The minimum atomic E-state index is -0.170. The standard InChI is InChI=1S/C16H18N4OS2/c1-10-11(2)23-16(17-10)14(8-12-5-7-22-9-12)18-15(21)13-4-6-20(3)19-13/h4-7,9,14H,8H2,1-3H3,(H,18,21)/t14-/m0/s1. The fourth-order valence-electron chi connectivity index (χ4n) is 2.26. The van der Waals surface area contributed by atoms with Crippen LogP contribution in [0.4, 0.5) is 0 Å². The van der Waals surface area contributed by atoms with E-state index in [0.29, 0.717) is 5.69 Å². The van der Waals surface area contributed by atoms with Gasteiger partial charge in [0, 0.05) is 24.5 Å². The molecule has 0 unspecified atom stereocenters. The Bertz CT molecular complexity index is 785. The molecule has 1 amide bonds. The van der Waals surface area contributed by atoms with E-state index in [1.165, 1.54) is 10.4 Å². The molecule has 0 spiro atoms. The number of nitrogens with zero attached hydrogens (tertiary/aromatic N) is 3. The number of carbonyl (C=O) groups excluding carboxylic acids is 1. The third kappa shape index (κ3) is 3.68. The van der Waals surface area contributed by atoms with Gasteiger partial charge < -0.3 is 5.32 Å². The molecule has 0 saturated carbocycles. The van der Waals surface area contributed by atoms with Crippen LogP contribution >= 0.6 is 22.7 Å². The Balaban J connectivity index is 1.83. The van der Waals surface area contributed by atoms with Gasteiger partial charge in [0.15, 0.2) is 0 Å². The molecule has 0 saturated heterocycles. The van der Waals surface area contributed by atoms with E-state index in [1.807, 2.05) is 12.3 Å². The van der Waals surface area contributed by atoms with Crippen molar-refractivity contribution in [2.75, 3.05) is 0 Å². The molecule has 1 atom stereocenters. The van der Waals surface area contributed by atoms with Crippen molar-refractivity contribution < 1.29 is 4.79 Å². The van der Waals surface area contributed by atoms with Crippen molar-refractivity contribution in [3.8, 4) is 0 Å². The highest BCUT2D eigenvalue weighted by atomic mass is 32.1. The highest BCUT2D eigenvalue weighted by Gasteiger charge is 2.21. The molecule has 0 radical (unpaired) electrons. The largest absolute Gasteiger partial charge is 0.341 e. The van der Waals surface area contributed by atoms with Crippen LogP contribution in [0.5, 0.6) is 0 Å². The smallest absolute Gasteiger partial charge is 0.272 e. The predicted molar refractivity (Wildman–Crippen MR) is 93.0 cm³/mol. The average molecular weight is 346 g/mol. The van der Waals surface area contributed by atoms with E-state index in [1.54, 1.807) is 46.7 Å². The first-order valence-corrected chi connectivity index (χ1v) is 9.04. The molecule has 0 bridgehead atoms. The van der Waals surface area contributed by atoms with Gasteiger partial charge in [-0.3, -0.25) is 9.48 Å². The minimum absolute atomic E-state index is 0.142. The third-order valence-electron chi connectivity index (χ3n) is 3.61. The lowest BCUT2D eigenvalue weighted by Crippen LogP contribution is -2.30. The third-order valence-corrected chi connectivity index (χ3v) is 5.53. The van der Waals surface area contributed by atoms with Gasteiger partial charge in [-0.05, 0) is 42.3 Å². The Morgan fingerprint density at radius 1 is 1.39 bits per heavy atom. The lowest BCUT2D eigenvalue weighted by Gasteiger charge is -2.15. The van der Waals surface area contributed by atoms with Crippen LogP contribution in [0.1, 0.15) is 37.7 Å². The van der Waals surface area contributed by atoms with E-state index in [0.717, 1.165) is 17.1 Å². The summed E-state index contributed by atoms with van der Waals surface area (Å²) in [5.41, 5.74) is 2.65. The quantitative estimate of drug-likeness (QED) is 0.771. The molecule has 0 aromatic carbocycles. The Morgan fingerprint density at radius 2 is 2.22 bits per heavy atom. The zero-order valence-electron chi connectivity index (χ0n) is 13.2. The summed E-state index contributed by atoms with van der Waals surface area (Å²) >= 11 is 3.30. The average Bonchev–Trinajstić information content (AvgIpc) is 3.22. The summed E-state index contributed by atoms with van der Waals surface area (Å²) in [7, 11) is 1.80. The van der Waals surface area contributed by atoms with Crippen LogP contribution in [0.3, 0.4) is 0 Å². The molecule has 0 aliphatic heterocycles. The first-order valence-electron chi connectivity index (χ1n) is 7.28. The summed E-state index contributed by atoms with van der Waals surface area (Å²) in [5, 5.41) is 12.3. The highest BCUT2D eigenvalue weighted by Crippen LogP contribution is 2.26. The number of aromatic nitrogens is 3.